The van der Waals surface area contributed by atoms with Crippen LogP contribution in [0.1, 0.15) is 24.3 Å². The number of nitrogens with zero attached hydrogens (tertiary/aromatic N) is 5. The highest BCUT2D eigenvalue weighted by molar-refractivity contribution is 6.31. The van der Waals surface area contributed by atoms with Crippen molar-refractivity contribution in [2.45, 2.75) is 18.8 Å². The van der Waals surface area contributed by atoms with Crippen LogP contribution >= 0.6 is 11.6 Å². The summed E-state index contributed by atoms with van der Waals surface area (Å²) in [5.41, 5.74) is 2.07. The molecule has 0 unspecified atom stereocenters. The first-order valence-corrected chi connectivity index (χ1v) is 13.8. The van der Waals surface area contributed by atoms with Crippen LogP contribution in [0, 0.1) is 0 Å². The third-order valence-electron chi connectivity index (χ3n) is 8.21. The maximum Gasteiger partial charge on any atom is 0.334 e. The molecule has 2 saturated heterocycles. The zero-order chi connectivity index (χ0) is 27.4. The van der Waals surface area contributed by atoms with E-state index in [1.165, 1.54) is 0 Å². The van der Waals surface area contributed by atoms with Crippen molar-refractivity contribution in [3.8, 4) is 0 Å². The number of halogens is 1. The van der Waals surface area contributed by atoms with E-state index in [-0.39, 0.29) is 11.1 Å². The van der Waals surface area contributed by atoms with Gasteiger partial charge in [0.1, 0.15) is 0 Å². The molecular formula is C28H40ClN5O4. The first-order valence-electron chi connectivity index (χ1n) is 13.4. The lowest BCUT2D eigenvalue weighted by atomic mass is 9.78. The van der Waals surface area contributed by atoms with Crippen molar-refractivity contribution in [2.75, 3.05) is 86.6 Å². The number of benzene rings is 1. The van der Waals surface area contributed by atoms with Gasteiger partial charge in [0.15, 0.2) is 0 Å². The molecule has 0 aliphatic carbocycles. The normalized spacial score (nSPS) is 21.4. The molecule has 1 aromatic rings. The molecular weight excluding hydrogens is 506 g/mol. The van der Waals surface area contributed by atoms with E-state index in [0.717, 1.165) is 52.4 Å². The van der Waals surface area contributed by atoms with E-state index in [9.17, 15) is 19.8 Å². The molecule has 0 spiro atoms. The van der Waals surface area contributed by atoms with Gasteiger partial charge in [0, 0.05) is 102 Å². The first-order chi connectivity index (χ1) is 18.2. The number of carboxylic acids is 2. The van der Waals surface area contributed by atoms with Gasteiger partial charge in [-0.1, -0.05) is 29.8 Å². The van der Waals surface area contributed by atoms with Crippen LogP contribution in [0.15, 0.2) is 46.8 Å². The fourth-order valence-corrected chi connectivity index (χ4v) is 6.04. The van der Waals surface area contributed by atoms with Gasteiger partial charge in [-0.3, -0.25) is 0 Å². The van der Waals surface area contributed by atoms with Gasteiger partial charge in [0.25, 0.3) is 0 Å². The second kappa shape index (κ2) is 12.6. The van der Waals surface area contributed by atoms with Crippen LogP contribution in [-0.4, -0.2) is 133 Å². The fourth-order valence-electron chi connectivity index (χ4n) is 5.79. The lowest BCUT2D eigenvalue weighted by Gasteiger charge is -2.40. The number of piperazine rings is 2. The Balaban J connectivity index is 1.73. The molecule has 3 heterocycles. The fraction of sp³-hybridized carbons (Fsp3) is 0.571. The lowest BCUT2D eigenvalue weighted by molar-refractivity contribution is -0.133. The quantitative estimate of drug-likeness (QED) is 0.485. The van der Waals surface area contributed by atoms with Crippen LogP contribution in [-0.2, 0) is 9.59 Å². The van der Waals surface area contributed by atoms with Gasteiger partial charge in [-0.05, 0) is 25.7 Å². The summed E-state index contributed by atoms with van der Waals surface area (Å²) in [5.74, 6) is -3.15. The van der Waals surface area contributed by atoms with Gasteiger partial charge in [-0.2, -0.15) is 0 Å². The maximum absolute atomic E-state index is 12.8. The monoisotopic (exact) mass is 545 g/mol. The second-order valence-corrected chi connectivity index (χ2v) is 11.0. The zero-order valence-corrected chi connectivity index (χ0v) is 23.5. The molecule has 2 fully saturated rings. The number of hydrogen-bond donors (Lipinski definition) is 2. The minimum atomic E-state index is -1.10. The summed E-state index contributed by atoms with van der Waals surface area (Å²) in [4.78, 5) is 36.8. The Labute approximate surface area is 230 Å². The summed E-state index contributed by atoms with van der Waals surface area (Å²) >= 11 is 6.58. The van der Waals surface area contributed by atoms with Gasteiger partial charge in [0.2, 0.25) is 0 Å². The van der Waals surface area contributed by atoms with Gasteiger partial charge >= 0.3 is 11.9 Å². The van der Waals surface area contributed by atoms with E-state index in [1.807, 2.05) is 11.9 Å². The molecule has 208 valence electrons. The Morgan fingerprint density at radius 1 is 0.763 bits per heavy atom. The van der Waals surface area contributed by atoms with E-state index in [1.54, 1.807) is 24.3 Å². The van der Waals surface area contributed by atoms with Crippen LogP contribution in [0.4, 0.5) is 0 Å². The van der Waals surface area contributed by atoms with Crippen molar-refractivity contribution >= 4 is 23.5 Å². The van der Waals surface area contributed by atoms with Crippen molar-refractivity contribution in [1.82, 2.24) is 24.5 Å². The number of rotatable bonds is 9. The van der Waals surface area contributed by atoms with Gasteiger partial charge < -0.3 is 34.7 Å². The first kappa shape index (κ1) is 28.6. The molecule has 2 N–H and O–H groups in total. The molecule has 0 bridgehead atoms. The zero-order valence-electron chi connectivity index (χ0n) is 22.7. The van der Waals surface area contributed by atoms with Crippen molar-refractivity contribution < 1.29 is 19.8 Å². The molecule has 0 aromatic heterocycles. The van der Waals surface area contributed by atoms with Crippen LogP contribution < -0.4 is 0 Å². The van der Waals surface area contributed by atoms with E-state index in [0.29, 0.717) is 47.9 Å². The molecule has 0 saturated carbocycles. The predicted octanol–water partition coefficient (Wildman–Crippen LogP) is 2.32. The standard InChI is InChI=1S/C28H40ClN5O4/c1-30-12-16-33(17-13-30)10-8-22-25(27(35)36)24(20-6-4-5-7-21(20)29)26(28(37)38)23(32(22)3)9-11-34-18-14-31(2)15-19-34/h4-7,24H,8-19H2,1-3H3,(H,35,36)(H,37,38). The molecule has 9 nitrogen and oxygen atoms in total. The Kier molecular flexibility index (Phi) is 9.49. The summed E-state index contributed by atoms with van der Waals surface area (Å²) in [6.07, 6.45) is 1.04. The van der Waals surface area contributed by atoms with Gasteiger partial charge in [0.05, 0.1) is 17.1 Å². The molecule has 1 aromatic carbocycles. The average molecular weight is 546 g/mol. The summed E-state index contributed by atoms with van der Waals surface area (Å²) in [7, 11) is 6.04. The topological polar surface area (TPSA) is 90.8 Å². The Morgan fingerprint density at radius 3 is 1.58 bits per heavy atom. The number of likely N-dealkylation sites (N-methyl/N-ethyl adjacent to an activating group) is 2. The van der Waals surface area contributed by atoms with Crippen molar-refractivity contribution in [1.29, 1.82) is 0 Å². The molecule has 4 rings (SSSR count). The molecule has 3 aliphatic rings. The highest BCUT2D eigenvalue weighted by atomic mass is 35.5. The number of carboxylic acid groups (broad SMARTS) is 2. The van der Waals surface area contributed by atoms with Crippen LogP contribution in [0.5, 0.6) is 0 Å². The third kappa shape index (κ3) is 6.40. The number of carbonyl (C=O) groups is 2. The van der Waals surface area contributed by atoms with Crippen molar-refractivity contribution in [3.05, 3.63) is 57.4 Å². The summed E-state index contributed by atoms with van der Waals surface area (Å²) in [5, 5.41) is 21.3. The Hall–Kier alpha value is -2.43. The number of hydrogen-bond acceptors (Lipinski definition) is 7. The highest BCUT2D eigenvalue weighted by Gasteiger charge is 2.41. The third-order valence-corrected chi connectivity index (χ3v) is 8.55. The number of aliphatic carboxylic acids is 2. The summed E-state index contributed by atoms with van der Waals surface area (Å²) in [6, 6.07) is 7.01. The summed E-state index contributed by atoms with van der Waals surface area (Å²) in [6.45, 7) is 9.04. The van der Waals surface area contributed by atoms with Crippen molar-refractivity contribution in [2.24, 2.45) is 0 Å². The van der Waals surface area contributed by atoms with Crippen molar-refractivity contribution in [3.63, 3.8) is 0 Å². The molecule has 38 heavy (non-hydrogen) atoms. The maximum atomic E-state index is 12.8. The van der Waals surface area contributed by atoms with E-state index in [4.69, 9.17) is 11.6 Å². The van der Waals surface area contributed by atoms with Crippen LogP contribution in [0.2, 0.25) is 5.02 Å². The molecule has 0 amide bonds. The Morgan fingerprint density at radius 2 is 1.18 bits per heavy atom. The Bertz CT molecular complexity index is 1030. The summed E-state index contributed by atoms with van der Waals surface area (Å²) < 4.78 is 0. The minimum absolute atomic E-state index is 0.107. The lowest BCUT2D eigenvalue weighted by Crippen LogP contribution is -2.46. The smallest absolute Gasteiger partial charge is 0.334 e. The molecule has 10 heteroatoms. The SMILES string of the molecule is CN1CCN(CCC2=C(C(=O)O)C(c3ccccc3Cl)C(C(=O)O)=C(CCN3CCN(C)CC3)N2C)CC1. The second-order valence-electron chi connectivity index (χ2n) is 10.6. The van der Waals surface area contributed by atoms with E-state index >= 15 is 0 Å². The minimum Gasteiger partial charge on any atom is -0.478 e. The largest absolute Gasteiger partial charge is 0.478 e. The highest BCUT2D eigenvalue weighted by Crippen LogP contribution is 2.45. The van der Waals surface area contributed by atoms with E-state index < -0.39 is 17.9 Å². The van der Waals surface area contributed by atoms with Crippen LogP contribution in [0.3, 0.4) is 0 Å². The molecule has 0 atom stereocenters. The predicted molar refractivity (Wildman–Crippen MR) is 148 cm³/mol. The van der Waals surface area contributed by atoms with E-state index in [2.05, 4.69) is 33.7 Å². The van der Waals surface area contributed by atoms with Gasteiger partial charge in [-0.25, -0.2) is 9.59 Å². The van der Waals surface area contributed by atoms with Crippen LogP contribution in [0.25, 0.3) is 0 Å². The molecule has 3 aliphatic heterocycles. The van der Waals surface area contributed by atoms with Gasteiger partial charge in [-0.15, -0.1) is 0 Å². The average Bonchev–Trinajstić information content (AvgIpc) is 2.88. The molecule has 0 radical (unpaired) electrons.